The quantitative estimate of drug-likeness (QED) is 0.531. The highest BCUT2D eigenvalue weighted by atomic mass is 79.9. The minimum atomic E-state index is 0. The Morgan fingerprint density at radius 1 is 0.833 bits per heavy atom. The molecule has 5 heteroatoms. The molecule has 1 rings (SSSR count). The van der Waals surface area contributed by atoms with E-state index in [1.54, 1.807) is 0 Å². The fourth-order valence-corrected chi connectivity index (χ4v) is 0.941. The van der Waals surface area contributed by atoms with E-state index in [2.05, 4.69) is 28.1 Å². The third kappa shape index (κ3) is 7.53. The number of alkyl halides is 1. The molecule has 0 spiro atoms. The predicted octanol–water partition coefficient (Wildman–Crippen LogP) is 3.19. The molecule has 0 aliphatic heterocycles. The van der Waals surface area contributed by atoms with Crippen molar-refractivity contribution in [1.29, 1.82) is 0 Å². The van der Waals surface area contributed by atoms with Gasteiger partial charge in [0.1, 0.15) is 0 Å². The SMILES string of the molecule is BrCc1ccccc1.F.F.F.F. The van der Waals surface area contributed by atoms with E-state index in [-0.39, 0.29) is 18.8 Å². The van der Waals surface area contributed by atoms with Crippen molar-refractivity contribution < 1.29 is 18.8 Å². The van der Waals surface area contributed by atoms with Crippen LogP contribution in [0.1, 0.15) is 5.56 Å². The monoisotopic (exact) mass is 250 g/mol. The molecule has 0 aromatic heterocycles. The van der Waals surface area contributed by atoms with Crippen LogP contribution in [0, 0.1) is 0 Å². The summed E-state index contributed by atoms with van der Waals surface area (Å²) in [5, 5.41) is 0.952. The first-order chi connectivity index (χ1) is 3.93. The van der Waals surface area contributed by atoms with Crippen LogP contribution in [-0.4, -0.2) is 0 Å². The topological polar surface area (TPSA) is 0 Å². The maximum atomic E-state index is 3.36. The van der Waals surface area contributed by atoms with Gasteiger partial charge in [0.25, 0.3) is 0 Å². The molecule has 0 unspecified atom stereocenters. The summed E-state index contributed by atoms with van der Waals surface area (Å²) in [5.74, 6) is 0. The summed E-state index contributed by atoms with van der Waals surface area (Å²) in [5.41, 5.74) is 1.33. The zero-order valence-electron chi connectivity index (χ0n) is 6.10. The largest absolute Gasteiger partial charge is 0.269 e. The van der Waals surface area contributed by atoms with Gasteiger partial charge >= 0.3 is 0 Å². The summed E-state index contributed by atoms with van der Waals surface area (Å²) in [4.78, 5) is 0. The lowest BCUT2D eigenvalue weighted by molar-refractivity contribution is 1.11. The second-order valence-corrected chi connectivity index (χ2v) is 2.18. The van der Waals surface area contributed by atoms with Crippen molar-refractivity contribution in [2.24, 2.45) is 0 Å². The van der Waals surface area contributed by atoms with Gasteiger partial charge in [-0.3, -0.25) is 18.8 Å². The van der Waals surface area contributed by atoms with Gasteiger partial charge in [-0.05, 0) is 5.56 Å². The summed E-state index contributed by atoms with van der Waals surface area (Å²) < 4.78 is 0. The molecule has 0 saturated heterocycles. The molecular formula is C7H11BrF4. The van der Waals surface area contributed by atoms with Crippen molar-refractivity contribution in [1.82, 2.24) is 0 Å². The average Bonchev–Trinajstić information content (AvgIpc) is 1.90. The van der Waals surface area contributed by atoms with E-state index >= 15 is 0 Å². The van der Waals surface area contributed by atoms with E-state index in [0.29, 0.717) is 0 Å². The first-order valence-electron chi connectivity index (χ1n) is 2.53. The molecule has 0 N–H and O–H groups in total. The molecule has 0 radical (unpaired) electrons. The highest BCUT2D eigenvalue weighted by molar-refractivity contribution is 9.08. The predicted molar refractivity (Wildman–Crippen MR) is 49.1 cm³/mol. The molecule has 0 nitrogen and oxygen atoms in total. The number of hydrogen-bond acceptors (Lipinski definition) is 0. The van der Waals surface area contributed by atoms with E-state index in [1.165, 1.54) is 5.56 Å². The van der Waals surface area contributed by atoms with Gasteiger partial charge in [-0.15, -0.1) is 0 Å². The van der Waals surface area contributed by atoms with Crippen LogP contribution in [0.5, 0.6) is 0 Å². The van der Waals surface area contributed by atoms with Gasteiger partial charge in [-0.2, -0.15) is 0 Å². The molecule has 12 heavy (non-hydrogen) atoms. The van der Waals surface area contributed by atoms with Crippen molar-refractivity contribution in [2.75, 3.05) is 0 Å². The van der Waals surface area contributed by atoms with Gasteiger partial charge in [-0.25, -0.2) is 0 Å². The zero-order valence-corrected chi connectivity index (χ0v) is 7.69. The van der Waals surface area contributed by atoms with Crippen molar-refractivity contribution in [3.63, 3.8) is 0 Å². The molecule has 1 aromatic rings. The smallest absolute Gasteiger partial charge is 0.0283 e. The van der Waals surface area contributed by atoms with Crippen LogP contribution in [-0.2, 0) is 5.33 Å². The summed E-state index contributed by atoms with van der Waals surface area (Å²) in [6.07, 6.45) is 0. The summed E-state index contributed by atoms with van der Waals surface area (Å²) in [7, 11) is 0. The normalized spacial score (nSPS) is 6.08. The molecule has 0 bridgehead atoms. The average molecular weight is 251 g/mol. The lowest BCUT2D eigenvalue weighted by Crippen LogP contribution is -1.70. The van der Waals surface area contributed by atoms with E-state index in [4.69, 9.17) is 0 Å². The first-order valence-corrected chi connectivity index (χ1v) is 3.65. The molecule has 0 fully saturated rings. The van der Waals surface area contributed by atoms with Crippen LogP contribution in [0.15, 0.2) is 30.3 Å². The summed E-state index contributed by atoms with van der Waals surface area (Å²) in [6, 6.07) is 10.3. The third-order valence-corrected chi connectivity index (χ3v) is 1.64. The molecule has 0 heterocycles. The fraction of sp³-hybridized carbons (Fsp3) is 0.143. The van der Waals surface area contributed by atoms with Crippen LogP contribution in [0.4, 0.5) is 18.8 Å². The lowest BCUT2D eigenvalue weighted by Gasteiger charge is -1.88. The molecule has 74 valence electrons. The minimum Gasteiger partial charge on any atom is -0.269 e. The van der Waals surface area contributed by atoms with Crippen molar-refractivity contribution in [2.45, 2.75) is 5.33 Å². The van der Waals surface area contributed by atoms with E-state index in [0.717, 1.165) is 5.33 Å². The number of benzene rings is 1. The molecular weight excluding hydrogens is 240 g/mol. The van der Waals surface area contributed by atoms with E-state index in [1.807, 2.05) is 18.2 Å². The first kappa shape index (κ1) is 22.5. The van der Waals surface area contributed by atoms with Gasteiger partial charge in [0.15, 0.2) is 0 Å². The molecule has 1 aromatic carbocycles. The molecule has 0 aliphatic rings. The van der Waals surface area contributed by atoms with Gasteiger partial charge in [0.2, 0.25) is 0 Å². The van der Waals surface area contributed by atoms with Crippen molar-refractivity contribution in [3.8, 4) is 0 Å². The Kier molecular flexibility index (Phi) is 24.5. The van der Waals surface area contributed by atoms with E-state index in [9.17, 15) is 0 Å². The van der Waals surface area contributed by atoms with Crippen LogP contribution >= 0.6 is 15.9 Å². The minimum absolute atomic E-state index is 0. The number of hydrogen-bond donors (Lipinski definition) is 0. The second-order valence-electron chi connectivity index (χ2n) is 1.62. The van der Waals surface area contributed by atoms with Gasteiger partial charge in [0, 0.05) is 5.33 Å². The maximum absolute atomic E-state index is 3.36. The van der Waals surface area contributed by atoms with Gasteiger partial charge in [-0.1, -0.05) is 46.3 Å². The van der Waals surface area contributed by atoms with Crippen LogP contribution in [0.25, 0.3) is 0 Å². The lowest BCUT2D eigenvalue weighted by atomic mass is 10.2. The van der Waals surface area contributed by atoms with Crippen molar-refractivity contribution in [3.05, 3.63) is 35.9 Å². The maximum Gasteiger partial charge on any atom is 0.0283 e. The highest BCUT2D eigenvalue weighted by Crippen LogP contribution is 2.02. The third-order valence-electron chi connectivity index (χ3n) is 0.997. The Morgan fingerprint density at radius 2 is 1.25 bits per heavy atom. The number of rotatable bonds is 1. The van der Waals surface area contributed by atoms with Crippen LogP contribution < -0.4 is 0 Å². The second kappa shape index (κ2) is 13.0. The summed E-state index contributed by atoms with van der Waals surface area (Å²) in [6.45, 7) is 0. The molecule has 0 aliphatic carbocycles. The van der Waals surface area contributed by atoms with Gasteiger partial charge < -0.3 is 0 Å². The highest BCUT2D eigenvalue weighted by Gasteiger charge is 1.81. The zero-order chi connectivity index (χ0) is 5.82. The Bertz CT molecular complexity index is 157. The standard InChI is InChI=1S/C7H7Br.4FH/c8-6-7-4-2-1-3-5-7;;;;/h1-5H,6H2;4*1H. The van der Waals surface area contributed by atoms with Crippen LogP contribution in [0.2, 0.25) is 0 Å². The number of halogens is 5. The fourth-order valence-electron chi connectivity index (χ4n) is 0.567. The molecule has 0 atom stereocenters. The van der Waals surface area contributed by atoms with Crippen LogP contribution in [0.3, 0.4) is 0 Å². The Morgan fingerprint density at radius 3 is 1.50 bits per heavy atom. The Hall–Kier alpha value is -0.580. The van der Waals surface area contributed by atoms with Gasteiger partial charge in [0.05, 0.1) is 0 Å². The van der Waals surface area contributed by atoms with E-state index < -0.39 is 0 Å². The Labute approximate surface area is 76.6 Å². The van der Waals surface area contributed by atoms with Crippen molar-refractivity contribution >= 4 is 15.9 Å². The Balaban J connectivity index is -0.0000000800. The molecule has 0 amide bonds. The summed E-state index contributed by atoms with van der Waals surface area (Å²) >= 11 is 3.36. The molecule has 0 saturated carbocycles.